The molecule has 5 heteroatoms. The van der Waals surface area contributed by atoms with Crippen LogP contribution in [0.4, 0.5) is 0 Å². The van der Waals surface area contributed by atoms with Crippen molar-refractivity contribution < 1.29 is 19.4 Å². The van der Waals surface area contributed by atoms with Gasteiger partial charge in [-0.05, 0) is 44.2 Å². The molecule has 0 unspecified atom stereocenters. The Morgan fingerprint density at radius 2 is 2.00 bits per heavy atom. The van der Waals surface area contributed by atoms with E-state index >= 15 is 0 Å². The molecule has 0 heterocycles. The Bertz CT molecular complexity index is 570. The zero-order chi connectivity index (χ0) is 16.8. The number of hydrogen-bond acceptors (Lipinski definition) is 3. The maximum absolute atomic E-state index is 11.9. The average Bonchev–Trinajstić information content (AvgIpc) is 2.52. The zero-order valence-corrected chi connectivity index (χ0v) is 13.8. The minimum Gasteiger partial charge on any atom is -0.484 e. The van der Waals surface area contributed by atoms with E-state index in [1.165, 1.54) is 0 Å². The summed E-state index contributed by atoms with van der Waals surface area (Å²) in [6.45, 7) is 4.31. The molecule has 1 aliphatic rings. The molecule has 0 radical (unpaired) electrons. The van der Waals surface area contributed by atoms with E-state index in [0.29, 0.717) is 18.7 Å². The molecule has 1 amide bonds. The third-order valence-corrected chi connectivity index (χ3v) is 4.48. The van der Waals surface area contributed by atoms with Crippen LogP contribution in [0.3, 0.4) is 0 Å². The summed E-state index contributed by atoms with van der Waals surface area (Å²) >= 11 is 0. The highest BCUT2D eigenvalue weighted by Crippen LogP contribution is 2.29. The lowest BCUT2D eigenvalue weighted by atomic mass is 9.79. The Morgan fingerprint density at radius 3 is 2.70 bits per heavy atom. The van der Waals surface area contributed by atoms with Crippen molar-refractivity contribution in [3.63, 3.8) is 0 Å². The lowest BCUT2D eigenvalue weighted by Crippen LogP contribution is -2.38. The van der Waals surface area contributed by atoms with Crippen molar-refractivity contribution in [2.24, 2.45) is 11.8 Å². The first kappa shape index (κ1) is 17.3. The Kier molecular flexibility index (Phi) is 6.02. The summed E-state index contributed by atoms with van der Waals surface area (Å²) in [4.78, 5) is 23.2. The van der Waals surface area contributed by atoms with Crippen molar-refractivity contribution >= 4 is 11.9 Å². The molecule has 1 aromatic rings. The van der Waals surface area contributed by atoms with Crippen LogP contribution in [-0.2, 0) is 9.59 Å². The van der Waals surface area contributed by atoms with E-state index in [9.17, 15) is 14.7 Å². The van der Waals surface area contributed by atoms with Gasteiger partial charge in [0.2, 0.25) is 0 Å². The fourth-order valence-corrected chi connectivity index (χ4v) is 3.18. The van der Waals surface area contributed by atoms with Crippen molar-refractivity contribution in [3.8, 4) is 5.75 Å². The third kappa shape index (κ3) is 4.98. The van der Waals surface area contributed by atoms with Gasteiger partial charge in [0.25, 0.3) is 5.91 Å². The Hall–Kier alpha value is -2.04. The van der Waals surface area contributed by atoms with E-state index in [4.69, 9.17) is 4.74 Å². The highest BCUT2D eigenvalue weighted by atomic mass is 16.5. The van der Waals surface area contributed by atoms with Gasteiger partial charge < -0.3 is 15.2 Å². The number of hydrogen-bond donors (Lipinski definition) is 2. The molecule has 0 aromatic heterocycles. The predicted octanol–water partition coefficient (Wildman–Crippen LogP) is 2.69. The molecule has 1 aromatic carbocycles. The maximum atomic E-state index is 11.9. The Morgan fingerprint density at radius 1 is 1.26 bits per heavy atom. The van der Waals surface area contributed by atoms with Gasteiger partial charge in [-0.1, -0.05) is 30.5 Å². The van der Waals surface area contributed by atoms with Gasteiger partial charge in [-0.25, -0.2) is 0 Å². The first-order valence-electron chi connectivity index (χ1n) is 8.17. The van der Waals surface area contributed by atoms with Crippen LogP contribution in [0.2, 0.25) is 0 Å². The maximum Gasteiger partial charge on any atom is 0.306 e. The molecule has 23 heavy (non-hydrogen) atoms. The number of carboxylic acids is 1. The summed E-state index contributed by atoms with van der Waals surface area (Å²) in [5, 5.41) is 12.1. The van der Waals surface area contributed by atoms with Gasteiger partial charge in [-0.15, -0.1) is 0 Å². The van der Waals surface area contributed by atoms with E-state index in [2.05, 4.69) is 5.32 Å². The van der Waals surface area contributed by atoms with Gasteiger partial charge in [-0.3, -0.25) is 9.59 Å². The van der Waals surface area contributed by atoms with Crippen LogP contribution in [0.15, 0.2) is 18.2 Å². The number of nitrogens with one attached hydrogen (secondary N) is 1. The summed E-state index contributed by atoms with van der Waals surface area (Å²) in [5.41, 5.74) is 2.15. The van der Waals surface area contributed by atoms with Crippen molar-refractivity contribution in [2.75, 3.05) is 13.2 Å². The molecule has 0 spiro atoms. The predicted molar refractivity (Wildman–Crippen MR) is 87.5 cm³/mol. The summed E-state index contributed by atoms with van der Waals surface area (Å²) in [5.74, 6) is -0.586. The molecule has 1 aliphatic carbocycles. The molecule has 126 valence electrons. The fourth-order valence-electron chi connectivity index (χ4n) is 3.18. The van der Waals surface area contributed by atoms with Gasteiger partial charge in [0.1, 0.15) is 5.75 Å². The van der Waals surface area contributed by atoms with Gasteiger partial charge in [0.05, 0.1) is 5.92 Å². The molecule has 2 rings (SSSR count). The van der Waals surface area contributed by atoms with Gasteiger partial charge in [0, 0.05) is 6.54 Å². The topological polar surface area (TPSA) is 75.6 Å². The number of aliphatic carboxylic acids is 1. The molecular formula is C18H25NO4. The Labute approximate surface area is 137 Å². The molecule has 2 atom stereocenters. The van der Waals surface area contributed by atoms with Crippen molar-refractivity contribution in [3.05, 3.63) is 29.3 Å². The second-order valence-corrected chi connectivity index (χ2v) is 6.35. The normalized spacial score (nSPS) is 20.8. The molecule has 1 saturated carbocycles. The SMILES string of the molecule is Cc1ccc(OCC(=O)NC[C@@H]2CCCC[C@@H]2C(=O)O)c(C)c1. The standard InChI is InChI=1S/C18H25NO4/c1-12-7-8-16(13(2)9-12)23-11-17(20)19-10-14-5-3-4-6-15(14)18(21)22/h7-9,14-15H,3-6,10-11H2,1-2H3,(H,19,20)(H,21,22)/t14-,15-/m0/s1. The molecular weight excluding hydrogens is 294 g/mol. The van der Waals surface area contributed by atoms with Crippen molar-refractivity contribution in [2.45, 2.75) is 39.5 Å². The van der Waals surface area contributed by atoms with Crippen LogP contribution in [0.25, 0.3) is 0 Å². The second-order valence-electron chi connectivity index (χ2n) is 6.35. The number of carbonyl (C=O) groups is 2. The van der Waals surface area contributed by atoms with E-state index in [1.807, 2.05) is 32.0 Å². The van der Waals surface area contributed by atoms with Gasteiger partial charge in [-0.2, -0.15) is 0 Å². The average molecular weight is 319 g/mol. The summed E-state index contributed by atoms with van der Waals surface area (Å²) < 4.78 is 5.54. The van der Waals surface area contributed by atoms with Crippen LogP contribution in [-0.4, -0.2) is 30.1 Å². The van der Waals surface area contributed by atoms with Gasteiger partial charge >= 0.3 is 5.97 Å². The second kappa shape index (κ2) is 7.99. The number of amides is 1. The largest absolute Gasteiger partial charge is 0.484 e. The third-order valence-electron chi connectivity index (χ3n) is 4.48. The number of ether oxygens (including phenoxy) is 1. The lowest BCUT2D eigenvalue weighted by molar-refractivity contribution is -0.145. The summed E-state index contributed by atoms with van der Waals surface area (Å²) in [7, 11) is 0. The minimum absolute atomic E-state index is 0.0197. The van der Waals surface area contributed by atoms with Crippen LogP contribution in [0.5, 0.6) is 5.75 Å². The van der Waals surface area contributed by atoms with Crippen LogP contribution >= 0.6 is 0 Å². The first-order chi connectivity index (χ1) is 11.0. The molecule has 0 bridgehead atoms. The molecule has 0 aliphatic heterocycles. The number of benzene rings is 1. The smallest absolute Gasteiger partial charge is 0.306 e. The highest BCUT2D eigenvalue weighted by Gasteiger charge is 2.30. The van der Waals surface area contributed by atoms with E-state index < -0.39 is 5.97 Å². The summed E-state index contributed by atoms with van der Waals surface area (Å²) in [6, 6.07) is 5.81. The van der Waals surface area contributed by atoms with Gasteiger partial charge in [0.15, 0.2) is 6.61 Å². The number of aryl methyl sites for hydroxylation is 2. The molecule has 1 fully saturated rings. The van der Waals surface area contributed by atoms with Crippen LogP contribution in [0, 0.1) is 25.7 Å². The molecule has 2 N–H and O–H groups in total. The van der Waals surface area contributed by atoms with E-state index in [-0.39, 0.29) is 24.3 Å². The number of rotatable bonds is 6. The molecule has 5 nitrogen and oxygen atoms in total. The molecule has 0 saturated heterocycles. The minimum atomic E-state index is -0.754. The zero-order valence-electron chi connectivity index (χ0n) is 13.8. The highest BCUT2D eigenvalue weighted by molar-refractivity contribution is 5.77. The number of carbonyl (C=O) groups excluding carboxylic acids is 1. The first-order valence-corrected chi connectivity index (χ1v) is 8.17. The number of carboxylic acid groups (broad SMARTS) is 1. The lowest BCUT2D eigenvalue weighted by Gasteiger charge is -2.28. The monoisotopic (exact) mass is 319 g/mol. The van der Waals surface area contributed by atoms with Crippen molar-refractivity contribution in [1.29, 1.82) is 0 Å². The van der Waals surface area contributed by atoms with E-state index in [0.717, 1.165) is 30.4 Å². The summed E-state index contributed by atoms with van der Waals surface area (Å²) in [6.07, 6.45) is 3.55. The van der Waals surface area contributed by atoms with E-state index in [1.54, 1.807) is 0 Å². The quantitative estimate of drug-likeness (QED) is 0.845. The van der Waals surface area contributed by atoms with Crippen molar-refractivity contribution in [1.82, 2.24) is 5.32 Å². The fraction of sp³-hybridized carbons (Fsp3) is 0.556. The van der Waals surface area contributed by atoms with Crippen LogP contribution < -0.4 is 10.1 Å². The Balaban J connectivity index is 1.79. The van der Waals surface area contributed by atoms with Crippen LogP contribution in [0.1, 0.15) is 36.8 Å².